The summed E-state index contributed by atoms with van der Waals surface area (Å²) in [5.74, 6) is 1.44. The van der Waals surface area contributed by atoms with E-state index < -0.39 is 5.41 Å². The molecule has 35 heavy (non-hydrogen) atoms. The number of pyridine rings is 1. The van der Waals surface area contributed by atoms with Crippen LogP contribution in [0.5, 0.6) is 0 Å². The number of carbonyl (C=O) groups excluding carboxylic acids is 2. The van der Waals surface area contributed by atoms with Gasteiger partial charge >= 0.3 is 0 Å². The van der Waals surface area contributed by atoms with Gasteiger partial charge in [0.15, 0.2) is 0 Å². The van der Waals surface area contributed by atoms with Gasteiger partial charge in [0.2, 0.25) is 11.8 Å². The molecule has 2 saturated heterocycles. The van der Waals surface area contributed by atoms with Gasteiger partial charge in [-0.1, -0.05) is 23.8 Å². The van der Waals surface area contributed by atoms with Crippen LogP contribution in [-0.4, -0.2) is 59.8 Å². The first-order chi connectivity index (χ1) is 16.8. The standard InChI is InChI=1S/C29H38N4O2/c1-19-5-6-26-25(15-19)29(28(35)31-26,24-16-20(2)18-30-21(24)3)17-27(34)33-13-9-23(10-14-33)22-7-11-32(4)12-8-22/h5-6,15-16,18,22-23H,7-14,17H2,1-4H3,(H,31,35). The van der Waals surface area contributed by atoms with E-state index in [4.69, 9.17) is 0 Å². The van der Waals surface area contributed by atoms with Crippen molar-refractivity contribution in [1.82, 2.24) is 14.8 Å². The topological polar surface area (TPSA) is 65.5 Å². The van der Waals surface area contributed by atoms with E-state index in [-0.39, 0.29) is 18.2 Å². The maximum absolute atomic E-state index is 13.8. The zero-order valence-corrected chi connectivity index (χ0v) is 21.6. The fraction of sp³-hybridized carbons (Fsp3) is 0.552. The molecule has 1 N–H and O–H groups in total. The lowest BCUT2D eigenvalue weighted by atomic mass is 9.71. The van der Waals surface area contributed by atoms with Crippen molar-refractivity contribution in [2.75, 3.05) is 38.5 Å². The second-order valence-corrected chi connectivity index (χ2v) is 11.1. The van der Waals surface area contributed by atoms with Gasteiger partial charge in [0.25, 0.3) is 0 Å². The van der Waals surface area contributed by atoms with Crippen molar-refractivity contribution in [3.8, 4) is 0 Å². The molecular weight excluding hydrogens is 436 g/mol. The van der Waals surface area contributed by atoms with Gasteiger partial charge in [-0.15, -0.1) is 0 Å². The Morgan fingerprint density at radius 3 is 2.29 bits per heavy atom. The highest BCUT2D eigenvalue weighted by Crippen LogP contribution is 2.47. The van der Waals surface area contributed by atoms with Crippen LogP contribution in [0.2, 0.25) is 0 Å². The molecule has 6 heteroatoms. The van der Waals surface area contributed by atoms with E-state index in [1.807, 2.05) is 50.1 Å². The number of aryl methyl sites for hydroxylation is 3. The van der Waals surface area contributed by atoms with Gasteiger partial charge in [-0.3, -0.25) is 14.6 Å². The van der Waals surface area contributed by atoms with Gasteiger partial charge in [-0.05, 0) is 101 Å². The van der Waals surface area contributed by atoms with Crippen molar-refractivity contribution in [2.24, 2.45) is 11.8 Å². The molecule has 186 valence electrons. The highest BCUT2D eigenvalue weighted by molar-refractivity contribution is 6.11. The third kappa shape index (κ3) is 4.37. The molecule has 1 aromatic carbocycles. The number of amides is 2. The number of nitrogens with zero attached hydrogens (tertiary/aromatic N) is 3. The summed E-state index contributed by atoms with van der Waals surface area (Å²) in [4.78, 5) is 36.5. The van der Waals surface area contributed by atoms with E-state index in [1.54, 1.807) is 0 Å². The second kappa shape index (κ2) is 9.38. The predicted molar refractivity (Wildman–Crippen MR) is 138 cm³/mol. The molecule has 0 bridgehead atoms. The normalized spacial score (nSPS) is 23.9. The van der Waals surface area contributed by atoms with Crippen molar-refractivity contribution in [3.05, 3.63) is 58.4 Å². The average Bonchev–Trinajstić information content (AvgIpc) is 3.12. The van der Waals surface area contributed by atoms with E-state index in [9.17, 15) is 9.59 Å². The first-order valence-electron chi connectivity index (χ1n) is 13.1. The number of anilines is 1. The maximum atomic E-state index is 13.8. The molecule has 5 rings (SSSR count). The molecule has 2 aromatic rings. The summed E-state index contributed by atoms with van der Waals surface area (Å²) < 4.78 is 0. The highest BCUT2D eigenvalue weighted by atomic mass is 16.2. The van der Waals surface area contributed by atoms with Gasteiger partial charge in [-0.25, -0.2) is 0 Å². The Kier molecular flexibility index (Phi) is 6.43. The Bertz CT molecular complexity index is 1130. The van der Waals surface area contributed by atoms with Crippen molar-refractivity contribution in [3.63, 3.8) is 0 Å². The monoisotopic (exact) mass is 474 g/mol. The number of piperidine rings is 2. The predicted octanol–water partition coefficient (Wildman–Crippen LogP) is 4.22. The number of hydrogen-bond acceptors (Lipinski definition) is 4. The number of fused-ring (bicyclic) bond motifs is 1. The molecule has 2 fully saturated rings. The van der Waals surface area contributed by atoms with Crippen LogP contribution in [0.1, 0.15) is 60.1 Å². The molecule has 4 heterocycles. The molecule has 2 amide bonds. The van der Waals surface area contributed by atoms with Gasteiger partial charge in [0, 0.05) is 37.1 Å². The SMILES string of the molecule is Cc1ccc2c(c1)C(CC(=O)N1CCC(C3CCN(C)CC3)CC1)(c1cc(C)cnc1C)C(=O)N2. The number of likely N-dealkylation sites (tertiary alicyclic amines) is 2. The van der Waals surface area contributed by atoms with Crippen LogP contribution >= 0.6 is 0 Å². The molecule has 6 nitrogen and oxygen atoms in total. The Balaban J connectivity index is 1.41. The lowest BCUT2D eigenvalue weighted by molar-refractivity contribution is -0.136. The third-order valence-corrected chi connectivity index (χ3v) is 8.69. The molecule has 3 aliphatic rings. The zero-order chi connectivity index (χ0) is 24.7. The molecule has 0 aliphatic carbocycles. The molecule has 1 aromatic heterocycles. The molecule has 1 atom stereocenters. The van der Waals surface area contributed by atoms with Crippen LogP contribution in [0.4, 0.5) is 5.69 Å². The van der Waals surface area contributed by atoms with Crippen LogP contribution in [0.25, 0.3) is 0 Å². The van der Waals surface area contributed by atoms with Gasteiger partial charge < -0.3 is 15.1 Å². The lowest BCUT2D eigenvalue weighted by Crippen LogP contribution is -2.46. The van der Waals surface area contributed by atoms with Gasteiger partial charge in [0.1, 0.15) is 5.41 Å². The molecule has 0 radical (unpaired) electrons. The molecule has 0 spiro atoms. The fourth-order valence-electron chi connectivity index (χ4n) is 6.54. The minimum atomic E-state index is -1.05. The minimum Gasteiger partial charge on any atom is -0.343 e. The van der Waals surface area contributed by atoms with E-state index >= 15 is 0 Å². The highest BCUT2D eigenvalue weighted by Gasteiger charge is 2.51. The molecule has 1 unspecified atom stereocenters. The first-order valence-corrected chi connectivity index (χ1v) is 13.1. The van der Waals surface area contributed by atoms with Crippen LogP contribution in [0, 0.1) is 32.6 Å². The molecular formula is C29H38N4O2. The quantitative estimate of drug-likeness (QED) is 0.721. The largest absolute Gasteiger partial charge is 0.343 e. The maximum Gasteiger partial charge on any atom is 0.240 e. The number of benzene rings is 1. The van der Waals surface area contributed by atoms with E-state index in [2.05, 4.69) is 28.3 Å². The Morgan fingerprint density at radius 1 is 0.971 bits per heavy atom. The number of carbonyl (C=O) groups is 2. The van der Waals surface area contributed by atoms with Crippen molar-refractivity contribution in [1.29, 1.82) is 0 Å². The number of hydrogen-bond donors (Lipinski definition) is 1. The second-order valence-electron chi connectivity index (χ2n) is 11.1. The van der Waals surface area contributed by atoms with Crippen LogP contribution in [0.3, 0.4) is 0 Å². The van der Waals surface area contributed by atoms with Crippen molar-refractivity contribution < 1.29 is 9.59 Å². The van der Waals surface area contributed by atoms with E-state index in [1.165, 1.54) is 25.9 Å². The van der Waals surface area contributed by atoms with Crippen LogP contribution < -0.4 is 5.32 Å². The van der Waals surface area contributed by atoms with Gasteiger partial charge in [-0.2, -0.15) is 0 Å². The fourth-order valence-corrected chi connectivity index (χ4v) is 6.54. The molecule has 0 saturated carbocycles. The smallest absolute Gasteiger partial charge is 0.240 e. The van der Waals surface area contributed by atoms with Crippen molar-refractivity contribution in [2.45, 2.75) is 58.3 Å². The van der Waals surface area contributed by atoms with E-state index in [0.717, 1.165) is 65.5 Å². The summed E-state index contributed by atoms with van der Waals surface area (Å²) in [6.07, 6.45) is 6.65. The minimum absolute atomic E-state index is 0.0669. The Morgan fingerprint density at radius 2 is 1.60 bits per heavy atom. The summed E-state index contributed by atoms with van der Waals surface area (Å²) >= 11 is 0. The van der Waals surface area contributed by atoms with Crippen LogP contribution in [-0.2, 0) is 15.0 Å². The number of aromatic nitrogens is 1. The summed E-state index contributed by atoms with van der Waals surface area (Å²) in [5.41, 5.74) is 4.36. The zero-order valence-electron chi connectivity index (χ0n) is 21.6. The summed E-state index contributed by atoms with van der Waals surface area (Å²) in [6.45, 7) is 9.91. The van der Waals surface area contributed by atoms with Crippen LogP contribution in [0.15, 0.2) is 30.5 Å². The average molecular weight is 475 g/mol. The Hall–Kier alpha value is -2.73. The summed E-state index contributed by atoms with van der Waals surface area (Å²) in [5, 5.41) is 3.08. The van der Waals surface area contributed by atoms with Crippen molar-refractivity contribution >= 4 is 17.5 Å². The van der Waals surface area contributed by atoms with E-state index in [0.29, 0.717) is 5.92 Å². The summed E-state index contributed by atoms with van der Waals surface area (Å²) in [6, 6.07) is 8.07. The molecule has 3 aliphatic heterocycles. The summed E-state index contributed by atoms with van der Waals surface area (Å²) in [7, 11) is 2.21. The lowest BCUT2D eigenvalue weighted by Gasteiger charge is -2.40. The third-order valence-electron chi connectivity index (χ3n) is 8.69. The van der Waals surface area contributed by atoms with Gasteiger partial charge in [0.05, 0.1) is 0 Å². The first kappa shape index (κ1) is 24.0. The number of nitrogens with one attached hydrogen (secondary N) is 1. The Labute approximate surface area is 209 Å². The number of rotatable bonds is 4.